The van der Waals surface area contributed by atoms with Crippen LogP contribution in [0, 0.1) is 11.8 Å². The molecule has 0 atom stereocenters. The molecule has 0 radical (unpaired) electrons. The number of aromatic nitrogens is 2. The predicted octanol–water partition coefficient (Wildman–Crippen LogP) is 4.48. The first-order valence-electron chi connectivity index (χ1n) is 12.7. The fraction of sp³-hybridized carbons (Fsp3) is 0.519. The van der Waals surface area contributed by atoms with Crippen molar-refractivity contribution in [2.24, 2.45) is 11.8 Å². The summed E-state index contributed by atoms with van der Waals surface area (Å²) in [6, 6.07) is 11.8. The highest BCUT2D eigenvalue weighted by atomic mass is 32.1. The molecule has 2 aliphatic rings. The molecule has 34 heavy (non-hydrogen) atoms. The van der Waals surface area contributed by atoms with Crippen LogP contribution in [0.3, 0.4) is 0 Å². The van der Waals surface area contributed by atoms with Gasteiger partial charge >= 0.3 is 5.69 Å². The van der Waals surface area contributed by atoms with Crippen LogP contribution in [0.4, 0.5) is 0 Å². The van der Waals surface area contributed by atoms with E-state index in [-0.39, 0.29) is 23.1 Å². The second-order valence-corrected chi connectivity index (χ2v) is 10.8. The highest BCUT2D eigenvalue weighted by molar-refractivity contribution is 7.17. The van der Waals surface area contributed by atoms with Crippen molar-refractivity contribution in [3.8, 4) is 0 Å². The molecule has 7 heteroatoms. The third-order valence-corrected chi connectivity index (χ3v) is 8.47. The summed E-state index contributed by atoms with van der Waals surface area (Å²) in [5.74, 6) is 0.671. The number of fused-ring (bicyclic) bond motifs is 1. The number of carbonyl (C=O) groups is 1. The lowest BCUT2D eigenvalue weighted by Crippen LogP contribution is -2.42. The first kappa shape index (κ1) is 23.1. The topological polar surface area (TPSA) is 64.3 Å². The largest absolute Gasteiger partial charge is 0.342 e. The zero-order chi connectivity index (χ0) is 23.5. The fourth-order valence-corrected chi connectivity index (χ4v) is 6.46. The molecule has 6 nitrogen and oxygen atoms in total. The van der Waals surface area contributed by atoms with Gasteiger partial charge in [0.1, 0.15) is 4.70 Å². The van der Waals surface area contributed by atoms with Gasteiger partial charge in [0.25, 0.3) is 5.56 Å². The molecular weight excluding hydrogens is 446 g/mol. The van der Waals surface area contributed by atoms with Crippen molar-refractivity contribution >= 4 is 27.5 Å². The van der Waals surface area contributed by atoms with Crippen molar-refractivity contribution in [2.75, 3.05) is 13.1 Å². The lowest BCUT2D eigenvalue weighted by Gasteiger charge is -2.32. The van der Waals surface area contributed by atoms with Gasteiger partial charge in [-0.25, -0.2) is 4.79 Å². The fourth-order valence-electron chi connectivity index (χ4n) is 5.61. The number of nitrogens with zero attached hydrogens (tertiary/aromatic N) is 3. The maximum Gasteiger partial charge on any atom is 0.331 e. The molecule has 1 saturated heterocycles. The second kappa shape index (κ2) is 10.3. The van der Waals surface area contributed by atoms with E-state index in [1.807, 2.05) is 41.8 Å². The van der Waals surface area contributed by atoms with Gasteiger partial charge in [0.15, 0.2) is 0 Å². The minimum Gasteiger partial charge on any atom is -0.342 e. The van der Waals surface area contributed by atoms with Crippen molar-refractivity contribution in [1.82, 2.24) is 14.0 Å². The number of hydrogen-bond donors (Lipinski definition) is 0. The van der Waals surface area contributed by atoms with Crippen LogP contribution in [0.15, 0.2) is 51.4 Å². The number of likely N-dealkylation sites (tertiary alicyclic amines) is 1. The first-order chi connectivity index (χ1) is 16.6. The van der Waals surface area contributed by atoms with Gasteiger partial charge in [-0.1, -0.05) is 43.2 Å². The van der Waals surface area contributed by atoms with E-state index in [1.54, 1.807) is 4.57 Å². The maximum atomic E-state index is 13.5. The normalized spacial score (nSPS) is 21.5. The second-order valence-electron chi connectivity index (χ2n) is 9.86. The van der Waals surface area contributed by atoms with Crippen LogP contribution < -0.4 is 11.2 Å². The summed E-state index contributed by atoms with van der Waals surface area (Å²) in [5, 5.41) is 1.89. The van der Waals surface area contributed by atoms with Gasteiger partial charge < -0.3 is 4.90 Å². The molecule has 180 valence electrons. The molecule has 1 aliphatic carbocycles. The molecule has 1 amide bonds. The lowest BCUT2D eigenvalue weighted by molar-refractivity contribution is -0.136. The average Bonchev–Trinajstić information content (AvgIpc) is 3.20. The number of carbonyl (C=O) groups excluding carboxylic acids is 1. The molecule has 0 bridgehead atoms. The Kier molecular flexibility index (Phi) is 6.99. The van der Waals surface area contributed by atoms with Crippen molar-refractivity contribution in [3.63, 3.8) is 0 Å². The molecule has 5 rings (SSSR count). The molecule has 3 aromatic rings. The van der Waals surface area contributed by atoms with Crippen molar-refractivity contribution in [2.45, 2.75) is 64.5 Å². The van der Waals surface area contributed by atoms with Gasteiger partial charge in [0.2, 0.25) is 5.91 Å². The summed E-state index contributed by atoms with van der Waals surface area (Å²) < 4.78 is 3.82. The average molecular weight is 480 g/mol. The molecule has 0 spiro atoms. The van der Waals surface area contributed by atoms with Gasteiger partial charge in [-0.3, -0.25) is 18.7 Å². The molecule has 0 unspecified atom stereocenters. The first-order valence-corrected chi connectivity index (χ1v) is 13.5. The Bertz CT molecular complexity index is 1240. The Balaban J connectivity index is 1.32. The molecule has 3 heterocycles. The predicted molar refractivity (Wildman–Crippen MR) is 136 cm³/mol. The summed E-state index contributed by atoms with van der Waals surface area (Å²) in [7, 11) is 0. The van der Waals surface area contributed by atoms with E-state index < -0.39 is 0 Å². The number of rotatable bonds is 5. The summed E-state index contributed by atoms with van der Waals surface area (Å²) in [6.45, 7) is 2.68. The summed E-state index contributed by atoms with van der Waals surface area (Å²) in [6.07, 6.45) is 8.16. The molecule has 2 fully saturated rings. The molecular formula is C27H33N3O3S. The Morgan fingerprint density at radius 3 is 2.29 bits per heavy atom. The van der Waals surface area contributed by atoms with E-state index in [4.69, 9.17) is 0 Å². The van der Waals surface area contributed by atoms with E-state index in [0.717, 1.165) is 57.2 Å². The van der Waals surface area contributed by atoms with Crippen molar-refractivity contribution < 1.29 is 4.79 Å². The smallest absolute Gasteiger partial charge is 0.331 e. The molecule has 1 aliphatic heterocycles. The van der Waals surface area contributed by atoms with Crippen LogP contribution in [0.5, 0.6) is 0 Å². The van der Waals surface area contributed by atoms with Crippen LogP contribution in [-0.4, -0.2) is 33.0 Å². The number of hydrogen-bond acceptors (Lipinski definition) is 4. The summed E-state index contributed by atoms with van der Waals surface area (Å²) in [5.41, 5.74) is 1.34. The van der Waals surface area contributed by atoms with E-state index >= 15 is 0 Å². The molecule has 2 aromatic heterocycles. The Morgan fingerprint density at radius 1 is 0.882 bits per heavy atom. The van der Waals surface area contributed by atoms with Crippen LogP contribution >= 0.6 is 11.3 Å². The van der Waals surface area contributed by atoms with Gasteiger partial charge in [0.05, 0.1) is 12.1 Å². The molecule has 1 saturated carbocycles. The highest BCUT2D eigenvalue weighted by Gasteiger charge is 2.30. The number of amides is 1. The third kappa shape index (κ3) is 4.76. The summed E-state index contributed by atoms with van der Waals surface area (Å²) >= 11 is 1.40. The van der Waals surface area contributed by atoms with Gasteiger partial charge in [-0.15, -0.1) is 11.3 Å². The third-order valence-electron chi connectivity index (χ3n) is 7.57. The zero-order valence-corrected chi connectivity index (χ0v) is 20.5. The monoisotopic (exact) mass is 479 g/mol. The molecule has 1 aromatic carbocycles. The quantitative estimate of drug-likeness (QED) is 0.542. The van der Waals surface area contributed by atoms with E-state index in [0.29, 0.717) is 29.2 Å². The van der Waals surface area contributed by atoms with Crippen LogP contribution in [0.1, 0.15) is 56.9 Å². The van der Waals surface area contributed by atoms with Crippen LogP contribution in [0.2, 0.25) is 0 Å². The van der Waals surface area contributed by atoms with Gasteiger partial charge in [0, 0.05) is 25.6 Å². The maximum absolute atomic E-state index is 13.5. The molecule has 0 N–H and O–H groups in total. The Labute approximate surface area is 203 Å². The minimum atomic E-state index is -0.234. The Morgan fingerprint density at radius 2 is 1.59 bits per heavy atom. The highest BCUT2D eigenvalue weighted by Crippen LogP contribution is 2.31. The lowest BCUT2D eigenvalue weighted by atomic mass is 9.81. The standard InChI is InChI=1S/C27H33N3O3S/c31-25(28-15-6-1-2-7-16-28)22-12-10-21(11-13-22)19-30-26(32)24-23(14-17-34-24)29(27(30)33)18-20-8-4-3-5-9-20/h3-5,8-9,14,17,21-22H,1-2,6-7,10-13,15-16,18-19H2. The van der Waals surface area contributed by atoms with Crippen LogP contribution in [0.25, 0.3) is 10.2 Å². The number of thiophene rings is 1. The van der Waals surface area contributed by atoms with Crippen LogP contribution in [-0.2, 0) is 17.9 Å². The van der Waals surface area contributed by atoms with Gasteiger partial charge in [-0.05, 0) is 61.5 Å². The SMILES string of the molecule is O=C(C1CCC(Cn2c(=O)c3sccc3n(Cc3ccccc3)c2=O)CC1)N1CCCCCC1. The van der Waals surface area contributed by atoms with Crippen molar-refractivity contribution in [3.05, 3.63) is 68.2 Å². The van der Waals surface area contributed by atoms with E-state index in [2.05, 4.69) is 4.90 Å². The van der Waals surface area contributed by atoms with E-state index in [9.17, 15) is 14.4 Å². The Hall–Kier alpha value is -2.67. The summed E-state index contributed by atoms with van der Waals surface area (Å²) in [4.78, 5) is 41.8. The van der Waals surface area contributed by atoms with E-state index in [1.165, 1.54) is 28.7 Å². The number of benzene rings is 1. The van der Waals surface area contributed by atoms with Gasteiger partial charge in [-0.2, -0.15) is 0 Å². The zero-order valence-electron chi connectivity index (χ0n) is 19.7. The van der Waals surface area contributed by atoms with Crippen molar-refractivity contribution in [1.29, 1.82) is 0 Å². The minimum absolute atomic E-state index is 0.0978.